The second-order valence-corrected chi connectivity index (χ2v) is 5.17. The molecule has 2 rings (SSSR count). The summed E-state index contributed by atoms with van der Waals surface area (Å²) in [4.78, 5) is 13.1. The van der Waals surface area contributed by atoms with Crippen LogP contribution in [0.2, 0.25) is 0 Å². The van der Waals surface area contributed by atoms with E-state index in [0.29, 0.717) is 0 Å². The van der Waals surface area contributed by atoms with Crippen LogP contribution >= 0.6 is 0 Å². The molecule has 1 aliphatic carbocycles. The Bertz CT molecular complexity index is 231. The molecule has 92 valence electrons. The van der Waals surface area contributed by atoms with Gasteiger partial charge in [-0.2, -0.15) is 0 Å². The van der Waals surface area contributed by atoms with Gasteiger partial charge in [0, 0.05) is 12.6 Å². The SMILES string of the molecule is O=C(O)N[C@H]1CC[C@H](CN2CCCC2)CC1. The van der Waals surface area contributed by atoms with Crippen molar-refractivity contribution in [2.75, 3.05) is 19.6 Å². The Morgan fingerprint density at radius 2 is 1.81 bits per heavy atom. The molecule has 0 bridgehead atoms. The Balaban J connectivity index is 1.66. The highest BCUT2D eigenvalue weighted by molar-refractivity contribution is 5.64. The molecule has 0 atom stereocenters. The molecule has 1 heterocycles. The highest BCUT2D eigenvalue weighted by Gasteiger charge is 2.24. The van der Waals surface area contributed by atoms with Gasteiger partial charge >= 0.3 is 6.09 Å². The van der Waals surface area contributed by atoms with Gasteiger partial charge in [0.1, 0.15) is 0 Å². The van der Waals surface area contributed by atoms with Gasteiger partial charge in [0.05, 0.1) is 0 Å². The fourth-order valence-electron chi connectivity index (χ4n) is 2.99. The summed E-state index contributed by atoms with van der Waals surface area (Å²) < 4.78 is 0. The molecule has 2 aliphatic rings. The van der Waals surface area contributed by atoms with E-state index < -0.39 is 6.09 Å². The van der Waals surface area contributed by atoms with Crippen LogP contribution in [0, 0.1) is 5.92 Å². The third-order valence-electron chi connectivity index (χ3n) is 3.89. The number of rotatable bonds is 3. The van der Waals surface area contributed by atoms with Crippen LogP contribution in [0.3, 0.4) is 0 Å². The van der Waals surface area contributed by atoms with E-state index in [-0.39, 0.29) is 6.04 Å². The summed E-state index contributed by atoms with van der Waals surface area (Å²) in [6, 6.07) is 0.201. The van der Waals surface area contributed by atoms with Crippen molar-refractivity contribution in [1.82, 2.24) is 10.2 Å². The normalized spacial score (nSPS) is 31.5. The van der Waals surface area contributed by atoms with Gasteiger partial charge in [-0.3, -0.25) is 0 Å². The Morgan fingerprint density at radius 3 is 2.38 bits per heavy atom. The van der Waals surface area contributed by atoms with E-state index >= 15 is 0 Å². The maximum atomic E-state index is 10.5. The molecule has 16 heavy (non-hydrogen) atoms. The van der Waals surface area contributed by atoms with Gasteiger partial charge in [-0.15, -0.1) is 0 Å². The summed E-state index contributed by atoms with van der Waals surface area (Å²) >= 11 is 0. The third kappa shape index (κ3) is 3.37. The van der Waals surface area contributed by atoms with E-state index in [4.69, 9.17) is 5.11 Å². The Labute approximate surface area is 97.0 Å². The van der Waals surface area contributed by atoms with Gasteiger partial charge < -0.3 is 15.3 Å². The summed E-state index contributed by atoms with van der Waals surface area (Å²) in [6.07, 6.45) is 6.24. The van der Waals surface area contributed by atoms with E-state index in [2.05, 4.69) is 10.2 Å². The molecular weight excluding hydrogens is 204 g/mol. The monoisotopic (exact) mass is 226 g/mol. The number of amides is 1. The first-order valence-corrected chi connectivity index (χ1v) is 6.46. The minimum atomic E-state index is -0.872. The van der Waals surface area contributed by atoms with E-state index in [1.165, 1.54) is 45.3 Å². The lowest BCUT2D eigenvalue weighted by Crippen LogP contribution is -2.38. The molecule has 1 saturated carbocycles. The van der Waals surface area contributed by atoms with E-state index in [0.717, 1.165) is 18.8 Å². The summed E-state index contributed by atoms with van der Waals surface area (Å²) in [5.74, 6) is 0.796. The zero-order valence-corrected chi connectivity index (χ0v) is 9.82. The van der Waals surface area contributed by atoms with Gasteiger partial charge in [0.15, 0.2) is 0 Å². The first-order valence-electron chi connectivity index (χ1n) is 6.46. The Morgan fingerprint density at radius 1 is 1.19 bits per heavy atom. The maximum Gasteiger partial charge on any atom is 0.404 e. The van der Waals surface area contributed by atoms with Crippen molar-refractivity contribution >= 4 is 6.09 Å². The fourth-order valence-corrected chi connectivity index (χ4v) is 2.99. The summed E-state index contributed by atoms with van der Waals surface area (Å²) in [7, 11) is 0. The molecule has 2 N–H and O–H groups in total. The molecule has 1 aliphatic heterocycles. The number of hydrogen-bond acceptors (Lipinski definition) is 2. The Kier molecular flexibility index (Phi) is 4.04. The van der Waals surface area contributed by atoms with Gasteiger partial charge in [-0.1, -0.05) is 0 Å². The lowest BCUT2D eigenvalue weighted by Gasteiger charge is -2.30. The first kappa shape index (κ1) is 11.7. The van der Waals surface area contributed by atoms with Crippen molar-refractivity contribution in [3.63, 3.8) is 0 Å². The number of carboxylic acid groups (broad SMARTS) is 1. The topological polar surface area (TPSA) is 52.6 Å². The quantitative estimate of drug-likeness (QED) is 0.773. The maximum absolute atomic E-state index is 10.5. The van der Waals surface area contributed by atoms with Crippen LogP contribution in [-0.2, 0) is 0 Å². The number of likely N-dealkylation sites (tertiary alicyclic amines) is 1. The average Bonchev–Trinajstić information content (AvgIpc) is 2.73. The molecular formula is C12H22N2O2. The van der Waals surface area contributed by atoms with Crippen LogP contribution in [-0.4, -0.2) is 41.8 Å². The average molecular weight is 226 g/mol. The lowest BCUT2D eigenvalue weighted by atomic mass is 9.86. The summed E-state index contributed by atoms with van der Waals surface area (Å²) in [5.41, 5.74) is 0. The van der Waals surface area contributed by atoms with Crippen molar-refractivity contribution in [2.45, 2.75) is 44.6 Å². The van der Waals surface area contributed by atoms with Crippen molar-refractivity contribution in [3.8, 4) is 0 Å². The van der Waals surface area contributed by atoms with Crippen LogP contribution in [0.4, 0.5) is 4.79 Å². The smallest absolute Gasteiger partial charge is 0.404 e. The van der Waals surface area contributed by atoms with Crippen molar-refractivity contribution in [3.05, 3.63) is 0 Å². The minimum Gasteiger partial charge on any atom is -0.465 e. The Hall–Kier alpha value is -0.770. The van der Waals surface area contributed by atoms with Crippen molar-refractivity contribution in [2.24, 2.45) is 5.92 Å². The highest BCUT2D eigenvalue weighted by atomic mass is 16.4. The molecule has 0 radical (unpaired) electrons. The molecule has 0 aromatic carbocycles. The van der Waals surface area contributed by atoms with E-state index in [1.807, 2.05) is 0 Å². The molecule has 1 saturated heterocycles. The first-order chi connectivity index (χ1) is 7.74. The van der Waals surface area contributed by atoms with Gasteiger partial charge in [0.2, 0.25) is 0 Å². The number of hydrogen-bond donors (Lipinski definition) is 2. The standard InChI is InChI=1S/C12H22N2O2/c15-12(16)13-11-5-3-10(4-6-11)9-14-7-1-2-8-14/h10-11,13H,1-9H2,(H,15,16)/t10-,11-. The van der Waals surface area contributed by atoms with Crippen LogP contribution in [0.15, 0.2) is 0 Å². The minimum absolute atomic E-state index is 0.201. The molecule has 4 heteroatoms. The van der Waals surface area contributed by atoms with Crippen LogP contribution < -0.4 is 5.32 Å². The van der Waals surface area contributed by atoms with Crippen LogP contribution in [0.25, 0.3) is 0 Å². The molecule has 1 amide bonds. The zero-order chi connectivity index (χ0) is 11.4. The van der Waals surface area contributed by atoms with Crippen molar-refractivity contribution < 1.29 is 9.90 Å². The molecule has 0 aromatic rings. The third-order valence-corrected chi connectivity index (χ3v) is 3.89. The second-order valence-electron chi connectivity index (χ2n) is 5.17. The van der Waals surface area contributed by atoms with E-state index in [9.17, 15) is 4.79 Å². The molecule has 0 unspecified atom stereocenters. The number of nitrogens with zero attached hydrogens (tertiary/aromatic N) is 1. The van der Waals surface area contributed by atoms with Gasteiger partial charge in [-0.25, -0.2) is 4.79 Å². The molecule has 4 nitrogen and oxygen atoms in total. The van der Waals surface area contributed by atoms with Gasteiger partial charge in [-0.05, 0) is 57.5 Å². The zero-order valence-electron chi connectivity index (χ0n) is 9.82. The summed E-state index contributed by atoms with van der Waals surface area (Å²) in [6.45, 7) is 3.78. The second kappa shape index (κ2) is 5.53. The molecule has 0 aromatic heterocycles. The van der Waals surface area contributed by atoms with Gasteiger partial charge in [0.25, 0.3) is 0 Å². The van der Waals surface area contributed by atoms with Crippen LogP contribution in [0.1, 0.15) is 38.5 Å². The molecule has 2 fully saturated rings. The van der Waals surface area contributed by atoms with E-state index in [1.54, 1.807) is 0 Å². The largest absolute Gasteiger partial charge is 0.465 e. The molecule has 0 spiro atoms. The number of carbonyl (C=O) groups is 1. The predicted molar refractivity (Wildman–Crippen MR) is 62.6 cm³/mol. The highest BCUT2D eigenvalue weighted by Crippen LogP contribution is 2.26. The fraction of sp³-hybridized carbons (Fsp3) is 0.917. The lowest BCUT2D eigenvalue weighted by molar-refractivity contribution is 0.175. The van der Waals surface area contributed by atoms with Crippen LogP contribution in [0.5, 0.6) is 0 Å². The van der Waals surface area contributed by atoms with Crippen molar-refractivity contribution in [1.29, 1.82) is 0 Å². The number of nitrogens with one attached hydrogen (secondary N) is 1. The summed E-state index contributed by atoms with van der Waals surface area (Å²) in [5, 5.41) is 11.2. The predicted octanol–water partition coefficient (Wildman–Crippen LogP) is 1.91.